The van der Waals surface area contributed by atoms with E-state index in [9.17, 15) is 0 Å². The predicted molar refractivity (Wildman–Crippen MR) is 177 cm³/mol. The fourth-order valence-corrected chi connectivity index (χ4v) is 6.70. The SMILES string of the molecule is c1ccc(-c2nc3c4cc(N(c5ccccc5)c5ccc6oc7ccccc7c6c5)cc5oc6cccc(c3o2)c6c54)cc1. The van der Waals surface area contributed by atoms with Crippen LogP contribution in [-0.4, -0.2) is 4.98 Å². The molecule has 0 aliphatic heterocycles. The van der Waals surface area contributed by atoms with E-state index >= 15 is 0 Å². The molecule has 3 heterocycles. The van der Waals surface area contributed by atoms with E-state index in [1.165, 1.54) is 0 Å². The first-order valence-corrected chi connectivity index (χ1v) is 14.6. The molecule has 0 bridgehead atoms. The molecule has 0 spiro atoms. The van der Waals surface area contributed by atoms with E-state index in [2.05, 4.69) is 71.6 Å². The Morgan fingerprint density at radius 3 is 2.00 bits per heavy atom. The van der Waals surface area contributed by atoms with E-state index in [1.807, 2.05) is 66.7 Å². The number of nitrogens with zero attached hydrogens (tertiary/aromatic N) is 2. The van der Waals surface area contributed by atoms with Crippen LogP contribution in [0.15, 0.2) is 147 Å². The monoisotopic (exact) mass is 566 g/mol. The third-order valence-corrected chi connectivity index (χ3v) is 8.62. The summed E-state index contributed by atoms with van der Waals surface area (Å²) in [7, 11) is 0. The van der Waals surface area contributed by atoms with Gasteiger partial charge in [-0.15, -0.1) is 0 Å². The van der Waals surface area contributed by atoms with Crippen molar-refractivity contribution < 1.29 is 13.3 Å². The number of fused-ring (bicyclic) bond motifs is 6. The van der Waals surface area contributed by atoms with Crippen LogP contribution in [0.25, 0.3) is 77.2 Å². The Morgan fingerprint density at radius 2 is 1.11 bits per heavy atom. The van der Waals surface area contributed by atoms with E-state index in [4.69, 9.17) is 18.2 Å². The second-order valence-corrected chi connectivity index (χ2v) is 11.2. The summed E-state index contributed by atoms with van der Waals surface area (Å²) >= 11 is 0. The Labute approximate surface area is 250 Å². The van der Waals surface area contributed by atoms with Gasteiger partial charge in [-0.3, -0.25) is 0 Å². The lowest BCUT2D eigenvalue weighted by Gasteiger charge is -2.25. The molecule has 3 aromatic heterocycles. The lowest BCUT2D eigenvalue weighted by molar-refractivity contribution is 0.623. The van der Waals surface area contributed by atoms with Crippen molar-refractivity contribution in [2.75, 3.05) is 4.90 Å². The molecule has 5 nitrogen and oxygen atoms in total. The lowest BCUT2D eigenvalue weighted by Crippen LogP contribution is -2.09. The maximum atomic E-state index is 6.54. The van der Waals surface area contributed by atoms with Gasteiger partial charge in [0, 0.05) is 55.3 Å². The highest BCUT2D eigenvalue weighted by atomic mass is 16.4. The van der Waals surface area contributed by atoms with Gasteiger partial charge in [0.05, 0.1) is 5.69 Å². The molecule has 0 aliphatic carbocycles. The summed E-state index contributed by atoms with van der Waals surface area (Å²) < 4.78 is 19.2. The van der Waals surface area contributed by atoms with Gasteiger partial charge in [-0.05, 0) is 60.7 Å². The Bertz CT molecular complexity index is 2660. The third kappa shape index (κ3) is 3.26. The van der Waals surface area contributed by atoms with Gasteiger partial charge in [-0.2, -0.15) is 0 Å². The minimum absolute atomic E-state index is 0.602. The average molecular weight is 567 g/mol. The van der Waals surface area contributed by atoms with Gasteiger partial charge in [-0.1, -0.05) is 66.7 Å². The van der Waals surface area contributed by atoms with Crippen LogP contribution in [0, 0.1) is 0 Å². The second-order valence-electron chi connectivity index (χ2n) is 11.2. The topological polar surface area (TPSA) is 55.6 Å². The highest BCUT2D eigenvalue weighted by molar-refractivity contribution is 6.32. The predicted octanol–water partition coefficient (Wildman–Crippen LogP) is 11.4. The first-order chi connectivity index (χ1) is 21.8. The maximum absolute atomic E-state index is 6.54. The number of oxazole rings is 1. The molecule has 5 heteroatoms. The summed E-state index contributed by atoms with van der Waals surface area (Å²) in [4.78, 5) is 7.35. The molecule has 44 heavy (non-hydrogen) atoms. The van der Waals surface area contributed by atoms with Crippen LogP contribution < -0.4 is 4.90 Å². The molecule has 0 N–H and O–H groups in total. The van der Waals surface area contributed by atoms with Crippen LogP contribution in [0.3, 0.4) is 0 Å². The maximum Gasteiger partial charge on any atom is 0.227 e. The average Bonchev–Trinajstić information content (AvgIpc) is 3.79. The van der Waals surface area contributed by atoms with Crippen molar-refractivity contribution in [1.82, 2.24) is 4.98 Å². The van der Waals surface area contributed by atoms with Crippen molar-refractivity contribution in [3.63, 3.8) is 0 Å². The smallest absolute Gasteiger partial charge is 0.227 e. The largest absolute Gasteiger partial charge is 0.456 e. The van der Waals surface area contributed by atoms with Gasteiger partial charge < -0.3 is 18.2 Å². The standard InChI is InChI=1S/C39H22N2O3/c1-3-10-23(11-4-1)39-40-37-30-21-26(22-34-36(30)35-28(38(37)44-39)15-9-17-33(35)43-34)41(24-12-5-2-6-13-24)25-18-19-32-29(20-25)27-14-7-8-16-31(27)42-32/h1-22H. The molecule has 0 unspecified atom stereocenters. The molecule has 7 aromatic carbocycles. The van der Waals surface area contributed by atoms with E-state index in [0.717, 1.165) is 88.4 Å². The van der Waals surface area contributed by atoms with Crippen molar-refractivity contribution in [3.05, 3.63) is 133 Å². The van der Waals surface area contributed by atoms with Crippen LogP contribution >= 0.6 is 0 Å². The van der Waals surface area contributed by atoms with E-state index in [-0.39, 0.29) is 0 Å². The molecule has 206 valence electrons. The van der Waals surface area contributed by atoms with E-state index in [1.54, 1.807) is 0 Å². The van der Waals surface area contributed by atoms with Crippen LogP contribution in [-0.2, 0) is 0 Å². The molecule has 0 saturated heterocycles. The normalized spacial score (nSPS) is 12.1. The zero-order valence-electron chi connectivity index (χ0n) is 23.3. The van der Waals surface area contributed by atoms with Crippen molar-refractivity contribution >= 4 is 82.8 Å². The minimum atomic E-state index is 0.602. The number of rotatable bonds is 4. The number of furan rings is 2. The van der Waals surface area contributed by atoms with Crippen molar-refractivity contribution in [2.24, 2.45) is 0 Å². The van der Waals surface area contributed by atoms with Crippen LogP contribution in [0.1, 0.15) is 0 Å². The minimum Gasteiger partial charge on any atom is -0.456 e. The second kappa shape index (κ2) is 8.72. The molecule has 0 atom stereocenters. The first kappa shape index (κ1) is 23.5. The van der Waals surface area contributed by atoms with Crippen LogP contribution in [0.4, 0.5) is 17.1 Å². The van der Waals surface area contributed by atoms with Gasteiger partial charge in [0.2, 0.25) is 5.89 Å². The Balaban J connectivity index is 1.28. The zero-order valence-corrected chi connectivity index (χ0v) is 23.3. The Morgan fingerprint density at radius 1 is 0.432 bits per heavy atom. The summed E-state index contributed by atoms with van der Waals surface area (Å²) in [5.74, 6) is 0.602. The summed E-state index contributed by atoms with van der Waals surface area (Å²) in [6.07, 6.45) is 0. The number of benzene rings is 7. The summed E-state index contributed by atoms with van der Waals surface area (Å²) in [6.45, 7) is 0. The number of hydrogen-bond donors (Lipinski definition) is 0. The van der Waals surface area contributed by atoms with Crippen molar-refractivity contribution in [1.29, 1.82) is 0 Å². The molecule has 0 saturated carbocycles. The summed E-state index contributed by atoms with van der Waals surface area (Å²) in [6, 6.07) is 45.5. The number of anilines is 3. The Kier molecular flexibility index (Phi) is 4.66. The fourth-order valence-electron chi connectivity index (χ4n) is 6.70. The molecule has 0 radical (unpaired) electrons. The van der Waals surface area contributed by atoms with Gasteiger partial charge in [0.25, 0.3) is 0 Å². The molecule has 0 aliphatic rings. The number of para-hydroxylation sites is 2. The van der Waals surface area contributed by atoms with Gasteiger partial charge >= 0.3 is 0 Å². The number of hydrogen-bond acceptors (Lipinski definition) is 5. The first-order valence-electron chi connectivity index (χ1n) is 14.6. The molecule has 0 fully saturated rings. The quantitative estimate of drug-likeness (QED) is 0.198. The van der Waals surface area contributed by atoms with Crippen LogP contribution in [0.2, 0.25) is 0 Å². The van der Waals surface area contributed by atoms with Gasteiger partial charge in [0.1, 0.15) is 27.8 Å². The molecule has 10 rings (SSSR count). The van der Waals surface area contributed by atoms with Gasteiger partial charge in [0.15, 0.2) is 5.58 Å². The summed E-state index contributed by atoms with van der Waals surface area (Å²) in [5.41, 5.74) is 8.91. The molecule has 10 aromatic rings. The summed E-state index contributed by atoms with van der Waals surface area (Å²) in [5, 5.41) is 6.28. The molecular formula is C39H22N2O3. The molecular weight excluding hydrogens is 544 g/mol. The fraction of sp³-hybridized carbons (Fsp3) is 0. The number of aromatic nitrogens is 1. The van der Waals surface area contributed by atoms with Crippen molar-refractivity contribution in [2.45, 2.75) is 0 Å². The Hall–Kier alpha value is -6.07. The molecule has 0 amide bonds. The van der Waals surface area contributed by atoms with Crippen LogP contribution in [0.5, 0.6) is 0 Å². The van der Waals surface area contributed by atoms with Gasteiger partial charge in [-0.25, -0.2) is 4.98 Å². The van der Waals surface area contributed by atoms with E-state index < -0.39 is 0 Å². The van der Waals surface area contributed by atoms with E-state index in [0.29, 0.717) is 5.89 Å². The van der Waals surface area contributed by atoms with Crippen molar-refractivity contribution in [3.8, 4) is 11.5 Å². The highest BCUT2D eigenvalue weighted by Gasteiger charge is 2.24. The highest BCUT2D eigenvalue weighted by Crippen LogP contribution is 2.47. The lowest BCUT2D eigenvalue weighted by atomic mass is 9.99. The third-order valence-electron chi connectivity index (χ3n) is 8.62. The zero-order chi connectivity index (χ0) is 28.8.